The van der Waals surface area contributed by atoms with E-state index in [1.165, 1.54) is 29.2 Å². The number of benzene rings is 1. The second kappa shape index (κ2) is 6.34. The molecule has 0 spiro atoms. The van der Waals surface area contributed by atoms with E-state index in [-0.39, 0.29) is 23.9 Å². The lowest BCUT2D eigenvalue weighted by Crippen LogP contribution is -2.57. The van der Waals surface area contributed by atoms with Gasteiger partial charge >= 0.3 is 0 Å². The van der Waals surface area contributed by atoms with Crippen LogP contribution in [0, 0.1) is 5.82 Å². The summed E-state index contributed by atoms with van der Waals surface area (Å²) in [7, 11) is 0. The maximum Gasteiger partial charge on any atom is 0.254 e. The van der Waals surface area contributed by atoms with Crippen molar-refractivity contribution in [3.05, 3.63) is 35.6 Å². The lowest BCUT2D eigenvalue weighted by atomic mass is 10.2. The third-order valence-corrected chi connectivity index (χ3v) is 3.34. The summed E-state index contributed by atoms with van der Waals surface area (Å²) in [6.45, 7) is 2.12. The number of amides is 3. The summed E-state index contributed by atoms with van der Waals surface area (Å²) < 4.78 is 13.4. The van der Waals surface area contributed by atoms with E-state index in [0.29, 0.717) is 13.1 Å². The monoisotopic (exact) mass is 293 g/mol. The first-order chi connectivity index (χ1) is 10.0. The van der Waals surface area contributed by atoms with Crippen LogP contribution in [0.4, 0.5) is 4.39 Å². The van der Waals surface area contributed by atoms with Gasteiger partial charge < -0.3 is 15.5 Å². The molecule has 112 valence electrons. The fourth-order valence-electron chi connectivity index (χ4n) is 2.12. The molecule has 1 fully saturated rings. The third-order valence-electron chi connectivity index (χ3n) is 3.34. The number of nitrogens with one attached hydrogen (secondary N) is 2. The topological polar surface area (TPSA) is 78.5 Å². The van der Waals surface area contributed by atoms with E-state index in [9.17, 15) is 18.8 Å². The highest BCUT2D eigenvalue weighted by molar-refractivity contribution is 5.97. The molecule has 1 saturated heterocycles. The van der Waals surface area contributed by atoms with Crippen molar-refractivity contribution in [2.45, 2.75) is 13.0 Å². The van der Waals surface area contributed by atoms with E-state index >= 15 is 0 Å². The summed E-state index contributed by atoms with van der Waals surface area (Å²) in [4.78, 5) is 36.7. The van der Waals surface area contributed by atoms with Gasteiger partial charge in [0.05, 0.1) is 12.1 Å². The molecule has 1 atom stereocenters. The fourth-order valence-corrected chi connectivity index (χ4v) is 2.12. The number of carbonyl (C=O) groups excluding carboxylic acids is 3. The van der Waals surface area contributed by atoms with Crippen LogP contribution >= 0.6 is 0 Å². The van der Waals surface area contributed by atoms with Gasteiger partial charge in [-0.2, -0.15) is 0 Å². The van der Waals surface area contributed by atoms with Gasteiger partial charge in [0.2, 0.25) is 11.8 Å². The highest BCUT2D eigenvalue weighted by Crippen LogP contribution is 2.07. The van der Waals surface area contributed by atoms with Crippen molar-refractivity contribution < 1.29 is 18.8 Å². The Balaban J connectivity index is 1.93. The first kappa shape index (κ1) is 15.0. The van der Waals surface area contributed by atoms with Crippen LogP contribution in [0.1, 0.15) is 17.3 Å². The quantitative estimate of drug-likeness (QED) is 0.817. The van der Waals surface area contributed by atoms with Gasteiger partial charge in [0, 0.05) is 13.1 Å². The Morgan fingerprint density at radius 3 is 2.86 bits per heavy atom. The molecular weight excluding hydrogens is 277 g/mol. The molecule has 0 saturated carbocycles. The standard InChI is InChI=1S/C14H16FN3O3/c1-9-13(20)16-6-7-18(9)12(19)8-17-14(21)10-4-2-3-5-11(10)15/h2-5,9H,6-8H2,1H3,(H,16,20)(H,17,21). The van der Waals surface area contributed by atoms with E-state index in [2.05, 4.69) is 10.6 Å². The van der Waals surface area contributed by atoms with E-state index in [1.54, 1.807) is 6.92 Å². The highest BCUT2D eigenvalue weighted by atomic mass is 19.1. The molecule has 0 aromatic heterocycles. The van der Waals surface area contributed by atoms with Gasteiger partial charge in [-0.1, -0.05) is 12.1 Å². The molecule has 6 nitrogen and oxygen atoms in total. The minimum Gasteiger partial charge on any atom is -0.353 e. The molecule has 1 heterocycles. The molecule has 1 aromatic rings. The van der Waals surface area contributed by atoms with Crippen LogP contribution < -0.4 is 10.6 Å². The van der Waals surface area contributed by atoms with Crippen LogP contribution in [0.3, 0.4) is 0 Å². The average molecular weight is 293 g/mol. The number of hydrogen-bond donors (Lipinski definition) is 2. The first-order valence-electron chi connectivity index (χ1n) is 6.60. The van der Waals surface area contributed by atoms with Gasteiger partial charge in [-0.3, -0.25) is 14.4 Å². The zero-order chi connectivity index (χ0) is 15.4. The molecule has 0 aliphatic carbocycles. The number of rotatable bonds is 3. The van der Waals surface area contributed by atoms with Crippen molar-refractivity contribution in [3.63, 3.8) is 0 Å². The second-order valence-electron chi connectivity index (χ2n) is 4.72. The van der Waals surface area contributed by atoms with Gasteiger partial charge in [0.25, 0.3) is 5.91 Å². The molecule has 2 N–H and O–H groups in total. The molecule has 0 bridgehead atoms. The first-order valence-corrected chi connectivity index (χ1v) is 6.60. The Kier molecular flexibility index (Phi) is 4.52. The Morgan fingerprint density at radius 1 is 1.43 bits per heavy atom. The zero-order valence-corrected chi connectivity index (χ0v) is 11.6. The molecule has 2 rings (SSSR count). The van der Waals surface area contributed by atoms with Crippen molar-refractivity contribution in [3.8, 4) is 0 Å². The fraction of sp³-hybridized carbons (Fsp3) is 0.357. The summed E-state index contributed by atoms with van der Waals surface area (Å²) in [5, 5.41) is 5.02. The molecule has 1 aliphatic rings. The minimum absolute atomic E-state index is 0.116. The minimum atomic E-state index is -0.657. The number of nitrogens with zero attached hydrogens (tertiary/aromatic N) is 1. The van der Waals surface area contributed by atoms with Crippen molar-refractivity contribution in [2.24, 2.45) is 0 Å². The number of piperazine rings is 1. The summed E-state index contributed by atoms with van der Waals surface area (Å²) >= 11 is 0. The Morgan fingerprint density at radius 2 is 2.14 bits per heavy atom. The van der Waals surface area contributed by atoms with Crippen molar-refractivity contribution >= 4 is 17.7 Å². The molecule has 1 aromatic carbocycles. The molecule has 1 aliphatic heterocycles. The Bertz CT molecular complexity index is 576. The third kappa shape index (κ3) is 3.36. The predicted molar refractivity (Wildman–Crippen MR) is 72.9 cm³/mol. The number of hydrogen-bond acceptors (Lipinski definition) is 3. The summed E-state index contributed by atoms with van der Waals surface area (Å²) in [5.41, 5.74) is -0.116. The molecule has 0 radical (unpaired) electrons. The Hall–Kier alpha value is -2.44. The summed E-state index contributed by atoms with van der Waals surface area (Å²) in [6, 6.07) is 4.96. The molecular formula is C14H16FN3O3. The van der Waals surface area contributed by atoms with E-state index in [4.69, 9.17) is 0 Å². The Labute approximate surface area is 121 Å². The maximum atomic E-state index is 13.4. The maximum absolute atomic E-state index is 13.4. The SMILES string of the molecule is CC1C(=O)NCCN1C(=O)CNC(=O)c1ccccc1F. The van der Waals surface area contributed by atoms with Gasteiger partial charge in [0.1, 0.15) is 11.9 Å². The van der Waals surface area contributed by atoms with Crippen LogP contribution in [0.5, 0.6) is 0 Å². The normalized spacial score (nSPS) is 18.1. The zero-order valence-electron chi connectivity index (χ0n) is 11.6. The van der Waals surface area contributed by atoms with Gasteiger partial charge in [-0.25, -0.2) is 4.39 Å². The van der Waals surface area contributed by atoms with Crippen LogP contribution in [0.2, 0.25) is 0 Å². The summed E-state index contributed by atoms with van der Waals surface area (Å²) in [5.74, 6) is -1.90. The number of halogens is 1. The smallest absolute Gasteiger partial charge is 0.254 e. The lowest BCUT2D eigenvalue weighted by Gasteiger charge is -2.32. The van der Waals surface area contributed by atoms with Crippen molar-refractivity contribution in [2.75, 3.05) is 19.6 Å². The van der Waals surface area contributed by atoms with Gasteiger partial charge in [-0.05, 0) is 19.1 Å². The van der Waals surface area contributed by atoms with E-state index in [0.717, 1.165) is 0 Å². The van der Waals surface area contributed by atoms with Crippen LogP contribution in [-0.2, 0) is 9.59 Å². The van der Waals surface area contributed by atoms with Crippen LogP contribution in [0.25, 0.3) is 0 Å². The van der Waals surface area contributed by atoms with Crippen LogP contribution in [0.15, 0.2) is 24.3 Å². The van der Waals surface area contributed by atoms with Crippen molar-refractivity contribution in [1.29, 1.82) is 0 Å². The van der Waals surface area contributed by atoms with Gasteiger partial charge in [0.15, 0.2) is 0 Å². The molecule has 7 heteroatoms. The largest absolute Gasteiger partial charge is 0.353 e. The second-order valence-corrected chi connectivity index (χ2v) is 4.72. The van der Waals surface area contributed by atoms with E-state index < -0.39 is 17.8 Å². The predicted octanol–water partition coefficient (Wildman–Crippen LogP) is -0.0976. The van der Waals surface area contributed by atoms with Crippen molar-refractivity contribution in [1.82, 2.24) is 15.5 Å². The number of carbonyl (C=O) groups is 3. The molecule has 1 unspecified atom stereocenters. The molecule has 3 amide bonds. The lowest BCUT2D eigenvalue weighted by molar-refractivity contribution is -0.141. The highest BCUT2D eigenvalue weighted by Gasteiger charge is 2.29. The summed E-state index contributed by atoms with van der Waals surface area (Å²) in [6.07, 6.45) is 0. The van der Waals surface area contributed by atoms with Gasteiger partial charge in [-0.15, -0.1) is 0 Å². The molecule has 21 heavy (non-hydrogen) atoms. The average Bonchev–Trinajstić information content (AvgIpc) is 2.47. The van der Waals surface area contributed by atoms with Crippen LogP contribution in [-0.4, -0.2) is 48.3 Å². The van der Waals surface area contributed by atoms with E-state index in [1.807, 2.05) is 0 Å².